The van der Waals surface area contributed by atoms with Crippen molar-refractivity contribution in [3.63, 3.8) is 0 Å². The molecule has 0 fully saturated rings. The van der Waals surface area contributed by atoms with E-state index in [1.165, 1.54) is 0 Å². The van der Waals surface area contributed by atoms with E-state index in [1.807, 2.05) is 59.4 Å². The number of nitrogens with zero attached hydrogens (tertiary/aromatic N) is 3. The monoisotopic (exact) mass is 336 g/mol. The summed E-state index contributed by atoms with van der Waals surface area (Å²) in [5.74, 6) is -0.0291. The SMILES string of the molecule is CCN(CC)CCNC(=O)c1ccc(-c2cnn3ccccc23)cc1. The van der Waals surface area contributed by atoms with Gasteiger partial charge in [0, 0.05) is 30.4 Å². The van der Waals surface area contributed by atoms with Gasteiger partial charge in [0.15, 0.2) is 0 Å². The molecule has 2 aromatic heterocycles. The zero-order chi connectivity index (χ0) is 17.6. The molecule has 0 aliphatic carbocycles. The van der Waals surface area contributed by atoms with Gasteiger partial charge >= 0.3 is 0 Å². The third kappa shape index (κ3) is 3.88. The van der Waals surface area contributed by atoms with Gasteiger partial charge in [0.25, 0.3) is 5.91 Å². The van der Waals surface area contributed by atoms with E-state index >= 15 is 0 Å². The highest BCUT2D eigenvalue weighted by Gasteiger charge is 2.09. The maximum atomic E-state index is 12.3. The molecule has 1 N–H and O–H groups in total. The first-order valence-corrected chi connectivity index (χ1v) is 8.76. The summed E-state index contributed by atoms with van der Waals surface area (Å²) in [6.45, 7) is 7.80. The molecule has 0 aliphatic heterocycles. The summed E-state index contributed by atoms with van der Waals surface area (Å²) in [5, 5.41) is 7.34. The van der Waals surface area contributed by atoms with E-state index in [1.54, 1.807) is 0 Å². The van der Waals surface area contributed by atoms with Gasteiger partial charge in [-0.1, -0.05) is 32.0 Å². The van der Waals surface area contributed by atoms with Gasteiger partial charge in [-0.3, -0.25) is 4.79 Å². The van der Waals surface area contributed by atoms with Crippen LogP contribution in [-0.4, -0.2) is 46.6 Å². The van der Waals surface area contributed by atoms with Crippen molar-refractivity contribution in [2.75, 3.05) is 26.2 Å². The van der Waals surface area contributed by atoms with Gasteiger partial charge in [-0.05, 0) is 42.9 Å². The molecular weight excluding hydrogens is 312 g/mol. The second-order valence-electron chi connectivity index (χ2n) is 5.95. The summed E-state index contributed by atoms with van der Waals surface area (Å²) in [6, 6.07) is 13.7. The highest BCUT2D eigenvalue weighted by atomic mass is 16.1. The molecule has 0 radical (unpaired) electrons. The molecule has 5 heteroatoms. The van der Waals surface area contributed by atoms with Crippen LogP contribution in [0.5, 0.6) is 0 Å². The number of hydrogen-bond donors (Lipinski definition) is 1. The Morgan fingerprint density at radius 2 is 1.88 bits per heavy atom. The third-order valence-electron chi connectivity index (χ3n) is 4.49. The van der Waals surface area contributed by atoms with Gasteiger partial charge in [-0.2, -0.15) is 5.10 Å². The predicted octanol–water partition coefficient (Wildman–Crippen LogP) is 3.07. The van der Waals surface area contributed by atoms with Gasteiger partial charge in [-0.25, -0.2) is 4.52 Å². The summed E-state index contributed by atoms with van der Waals surface area (Å²) < 4.78 is 1.85. The maximum Gasteiger partial charge on any atom is 0.251 e. The Bertz CT molecular complexity index is 834. The number of rotatable bonds is 7. The topological polar surface area (TPSA) is 49.6 Å². The Morgan fingerprint density at radius 3 is 2.60 bits per heavy atom. The summed E-state index contributed by atoms with van der Waals surface area (Å²) in [6.07, 6.45) is 3.78. The van der Waals surface area contributed by atoms with E-state index in [2.05, 4.69) is 29.2 Å². The number of amides is 1. The third-order valence-corrected chi connectivity index (χ3v) is 4.49. The number of benzene rings is 1. The number of fused-ring (bicyclic) bond motifs is 1. The second-order valence-corrected chi connectivity index (χ2v) is 5.95. The molecule has 3 rings (SSSR count). The van der Waals surface area contributed by atoms with E-state index < -0.39 is 0 Å². The molecule has 0 saturated carbocycles. The molecule has 0 saturated heterocycles. The summed E-state index contributed by atoms with van der Waals surface area (Å²) >= 11 is 0. The van der Waals surface area contributed by atoms with Crippen LogP contribution in [0.4, 0.5) is 0 Å². The first kappa shape index (κ1) is 17.2. The lowest BCUT2D eigenvalue weighted by Gasteiger charge is -2.17. The fourth-order valence-electron chi connectivity index (χ4n) is 2.93. The minimum Gasteiger partial charge on any atom is -0.351 e. The number of aromatic nitrogens is 2. The van der Waals surface area contributed by atoms with Crippen molar-refractivity contribution in [1.29, 1.82) is 0 Å². The van der Waals surface area contributed by atoms with Crippen molar-refractivity contribution in [2.45, 2.75) is 13.8 Å². The normalized spacial score (nSPS) is 11.2. The maximum absolute atomic E-state index is 12.3. The molecule has 5 nitrogen and oxygen atoms in total. The lowest BCUT2D eigenvalue weighted by atomic mass is 10.1. The zero-order valence-electron chi connectivity index (χ0n) is 14.8. The van der Waals surface area contributed by atoms with Gasteiger partial charge in [-0.15, -0.1) is 0 Å². The first-order chi connectivity index (χ1) is 12.2. The average Bonchev–Trinajstić information content (AvgIpc) is 3.09. The minimum atomic E-state index is -0.0291. The molecule has 0 unspecified atom stereocenters. The fourth-order valence-corrected chi connectivity index (χ4v) is 2.93. The van der Waals surface area contributed by atoms with Crippen molar-refractivity contribution in [2.24, 2.45) is 0 Å². The minimum absolute atomic E-state index is 0.0291. The average molecular weight is 336 g/mol. The smallest absolute Gasteiger partial charge is 0.251 e. The van der Waals surface area contributed by atoms with Crippen LogP contribution in [0.15, 0.2) is 54.9 Å². The van der Waals surface area contributed by atoms with Crippen LogP contribution < -0.4 is 5.32 Å². The first-order valence-electron chi connectivity index (χ1n) is 8.76. The Labute approximate surface area is 148 Å². The Balaban J connectivity index is 1.67. The van der Waals surface area contributed by atoms with Crippen molar-refractivity contribution in [3.05, 3.63) is 60.4 Å². The van der Waals surface area contributed by atoms with Crippen LogP contribution in [0, 0.1) is 0 Å². The number of hydrogen-bond acceptors (Lipinski definition) is 3. The largest absolute Gasteiger partial charge is 0.351 e. The fraction of sp³-hybridized carbons (Fsp3) is 0.300. The number of nitrogens with one attached hydrogen (secondary N) is 1. The highest BCUT2D eigenvalue weighted by Crippen LogP contribution is 2.24. The molecule has 0 spiro atoms. The predicted molar refractivity (Wildman–Crippen MR) is 101 cm³/mol. The molecule has 130 valence electrons. The Kier molecular flexibility index (Phi) is 5.46. The van der Waals surface area contributed by atoms with Crippen LogP contribution >= 0.6 is 0 Å². The van der Waals surface area contributed by atoms with Crippen LogP contribution in [0.25, 0.3) is 16.6 Å². The van der Waals surface area contributed by atoms with Gasteiger partial charge < -0.3 is 10.2 Å². The van der Waals surface area contributed by atoms with Crippen LogP contribution in [0.1, 0.15) is 24.2 Å². The Hall–Kier alpha value is -2.66. The number of carbonyl (C=O) groups is 1. The summed E-state index contributed by atoms with van der Waals surface area (Å²) in [4.78, 5) is 14.6. The van der Waals surface area contributed by atoms with E-state index in [9.17, 15) is 4.79 Å². The quantitative estimate of drug-likeness (QED) is 0.721. The summed E-state index contributed by atoms with van der Waals surface area (Å²) in [7, 11) is 0. The van der Waals surface area contributed by atoms with E-state index in [4.69, 9.17) is 0 Å². The van der Waals surface area contributed by atoms with Gasteiger partial charge in [0.2, 0.25) is 0 Å². The van der Waals surface area contributed by atoms with Gasteiger partial charge in [0.1, 0.15) is 0 Å². The lowest BCUT2D eigenvalue weighted by Crippen LogP contribution is -2.34. The molecule has 1 amide bonds. The van der Waals surface area contributed by atoms with E-state index in [-0.39, 0.29) is 5.91 Å². The van der Waals surface area contributed by atoms with E-state index in [0.717, 1.165) is 36.3 Å². The van der Waals surface area contributed by atoms with Crippen molar-refractivity contribution in [1.82, 2.24) is 19.8 Å². The van der Waals surface area contributed by atoms with Crippen molar-refractivity contribution < 1.29 is 4.79 Å². The van der Waals surface area contributed by atoms with E-state index in [0.29, 0.717) is 12.1 Å². The van der Waals surface area contributed by atoms with Crippen LogP contribution in [0.3, 0.4) is 0 Å². The van der Waals surface area contributed by atoms with Crippen LogP contribution in [0.2, 0.25) is 0 Å². The molecule has 1 aromatic carbocycles. The molecule has 0 aliphatic rings. The lowest BCUT2D eigenvalue weighted by molar-refractivity contribution is 0.0949. The van der Waals surface area contributed by atoms with Gasteiger partial charge in [0.05, 0.1) is 11.7 Å². The number of pyridine rings is 1. The van der Waals surface area contributed by atoms with Crippen LogP contribution in [-0.2, 0) is 0 Å². The van der Waals surface area contributed by atoms with Crippen molar-refractivity contribution in [3.8, 4) is 11.1 Å². The number of carbonyl (C=O) groups excluding carboxylic acids is 1. The molecule has 0 atom stereocenters. The molecule has 3 aromatic rings. The molecule has 2 heterocycles. The number of likely N-dealkylation sites (N-methyl/N-ethyl adjacent to an activating group) is 1. The van der Waals surface area contributed by atoms with Crippen molar-refractivity contribution >= 4 is 11.4 Å². The second kappa shape index (κ2) is 7.94. The highest BCUT2D eigenvalue weighted by molar-refractivity contribution is 5.95. The zero-order valence-corrected chi connectivity index (χ0v) is 14.8. The molecular formula is C20H24N4O. The summed E-state index contributed by atoms with van der Waals surface area (Å²) in [5.41, 5.74) is 3.86. The molecule has 25 heavy (non-hydrogen) atoms. The standard InChI is InChI=1S/C20H24N4O/c1-3-23(4-2)14-12-21-20(25)17-10-8-16(9-11-17)18-15-22-24-13-6-5-7-19(18)24/h5-11,13,15H,3-4,12,14H2,1-2H3,(H,21,25). The Morgan fingerprint density at radius 1 is 1.12 bits per heavy atom. The molecule has 0 bridgehead atoms.